The molecule has 0 atom stereocenters. The molecule has 30 heavy (non-hydrogen) atoms. The van der Waals surface area contributed by atoms with E-state index in [0.29, 0.717) is 29.1 Å². The predicted octanol–water partition coefficient (Wildman–Crippen LogP) is 3.34. The second kappa shape index (κ2) is 8.40. The Kier molecular flexibility index (Phi) is 5.34. The zero-order valence-electron chi connectivity index (χ0n) is 16.0. The molecule has 4 rings (SSSR count). The van der Waals surface area contributed by atoms with Crippen LogP contribution in [0, 0.1) is 0 Å². The van der Waals surface area contributed by atoms with Crippen LogP contribution in [0.25, 0.3) is 11.3 Å². The average Bonchev–Trinajstić information content (AvgIpc) is 3.19. The monoisotopic (exact) mass is 397 g/mol. The minimum atomic E-state index is -0.520. The first-order valence-electron chi connectivity index (χ1n) is 9.33. The minimum Gasteiger partial charge on any atom is -0.366 e. The Bertz CT molecular complexity index is 1170. The fourth-order valence-electron chi connectivity index (χ4n) is 3.07. The lowest BCUT2D eigenvalue weighted by Gasteiger charge is -2.06. The molecule has 2 aromatic heterocycles. The number of rotatable bonds is 6. The highest BCUT2D eigenvalue weighted by molar-refractivity contribution is 6.08. The van der Waals surface area contributed by atoms with Gasteiger partial charge in [-0.1, -0.05) is 30.3 Å². The molecule has 0 saturated carbocycles. The molecule has 0 aliphatic carbocycles. The highest BCUT2D eigenvalue weighted by Crippen LogP contribution is 2.23. The third kappa shape index (κ3) is 4.25. The first kappa shape index (κ1) is 19.1. The van der Waals surface area contributed by atoms with E-state index in [1.165, 1.54) is 0 Å². The molecule has 0 saturated heterocycles. The quantitative estimate of drug-likeness (QED) is 0.521. The Morgan fingerprint density at radius 2 is 1.73 bits per heavy atom. The summed E-state index contributed by atoms with van der Waals surface area (Å²) in [5.41, 5.74) is 8.99. The summed E-state index contributed by atoms with van der Waals surface area (Å²) in [4.78, 5) is 28.4. The molecule has 2 heterocycles. The van der Waals surface area contributed by atoms with Gasteiger partial charge in [0.15, 0.2) is 0 Å². The number of hydrogen-bond donors (Lipinski definition) is 2. The van der Waals surface area contributed by atoms with Crippen molar-refractivity contribution in [1.29, 1.82) is 0 Å². The van der Waals surface area contributed by atoms with Crippen molar-refractivity contribution in [1.82, 2.24) is 14.8 Å². The number of carbonyl (C=O) groups excluding carboxylic acids is 2. The Morgan fingerprint density at radius 3 is 2.40 bits per heavy atom. The number of benzene rings is 2. The summed E-state index contributed by atoms with van der Waals surface area (Å²) >= 11 is 0. The van der Waals surface area contributed by atoms with Crippen LogP contribution in [-0.2, 0) is 6.54 Å². The molecule has 0 aliphatic rings. The van der Waals surface area contributed by atoms with Crippen molar-refractivity contribution in [2.24, 2.45) is 5.73 Å². The summed E-state index contributed by atoms with van der Waals surface area (Å²) in [7, 11) is 0. The van der Waals surface area contributed by atoms with E-state index in [4.69, 9.17) is 5.73 Å². The molecular formula is C23H19N5O2. The summed E-state index contributed by atoms with van der Waals surface area (Å²) in [5.74, 6) is -0.825. The molecule has 0 radical (unpaired) electrons. The smallest absolute Gasteiger partial charge is 0.259 e. The van der Waals surface area contributed by atoms with Gasteiger partial charge in [0.1, 0.15) is 5.69 Å². The molecule has 0 spiro atoms. The van der Waals surface area contributed by atoms with Gasteiger partial charge in [0.05, 0.1) is 12.1 Å². The van der Waals surface area contributed by atoms with Crippen LogP contribution in [0.2, 0.25) is 0 Å². The SMILES string of the molecule is NC(=O)c1ccc(NC(=O)c2cn(Cc3ccccc3)nc2-c2cccnc2)cc1. The van der Waals surface area contributed by atoms with Crippen molar-refractivity contribution < 1.29 is 9.59 Å². The van der Waals surface area contributed by atoms with E-state index < -0.39 is 5.91 Å². The molecule has 148 valence electrons. The van der Waals surface area contributed by atoms with Gasteiger partial charge in [-0.15, -0.1) is 0 Å². The summed E-state index contributed by atoms with van der Waals surface area (Å²) in [6, 6.07) is 20.0. The Labute approximate surface area is 173 Å². The lowest BCUT2D eigenvalue weighted by Crippen LogP contribution is -2.13. The molecule has 2 aromatic carbocycles. The van der Waals surface area contributed by atoms with Crippen LogP contribution in [0.1, 0.15) is 26.3 Å². The number of primary amides is 1. The zero-order valence-corrected chi connectivity index (χ0v) is 16.0. The highest BCUT2D eigenvalue weighted by atomic mass is 16.2. The van der Waals surface area contributed by atoms with Crippen LogP contribution >= 0.6 is 0 Å². The average molecular weight is 397 g/mol. The fraction of sp³-hybridized carbons (Fsp3) is 0.0435. The van der Waals surface area contributed by atoms with E-state index in [9.17, 15) is 9.59 Å². The molecule has 3 N–H and O–H groups in total. The largest absolute Gasteiger partial charge is 0.366 e. The summed E-state index contributed by atoms with van der Waals surface area (Å²) in [5, 5.41) is 7.48. The van der Waals surface area contributed by atoms with Crippen molar-refractivity contribution in [2.45, 2.75) is 6.54 Å². The second-order valence-corrected chi connectivity index (χ2v) is 6.71. The van der Waals surface area contributed by atoms with E-state index in [-0.39, 0.29) is 5.91 Å². The van der Waals surface area contributed by atoms with Gasteiger partial charge in [0.2, 0.25) is 5.91 Å². The van der Waals surface area contributed by atoms with Gasteiger partial charge in [0, 0.05) is 35.4 Å². The number of hydrogen-bond acceptors (Lipinski definition) is 4. The van der Waals surface area contributed by atoms with Crippen LogP contribution in [0.4, 0.5) is 5.69 Å². The summed E-state index contributed by atoms with van der Waals surface area (Å²) in [6.45, 7) is 0.536. The Balaban J connectivity index is 1.64. The maximum atomic E-state index is 13.0. The van der Waals surface area contributed by atoms with Crippen molar-refractivity contribution in [3.8, 4) is 11.3 Å². The normalized spacial score (nSPS) is 10.5. The fourth-order valence-corrected chi connectivity index (χ4v) is 3.07. The van der Waals surface area contributed by atoms with Crippen LogP contribution < -0.4 is 11.1 Å². The number of anilines is 1. The predicted molar refractivity (Wildman–Crippen MR) is 114 cm³/mol. The van der Waals surface area contributed by atoms with Gasteiger partial charge < -0.3 is 11.1 Å². The molecular weight excluding hydrogens is 378 g/mol. The maximum Gasteiger partial charge on any atom is 0.259 e. The number of pyridine rings is 1. The van der Waals surface area contributed by atoms with Gasteiger partial charge in [-0.05, 0) is 42.0 Å². The Morgan fingerprint density at radius 1 is 0.967 bits per heavy atom. The third-order valence-corrected chi connectivity index (χ3v) is 4.56. The molecule has 0 fully saturated rings. The number of aromatic nitrogens is 3. The standard InChI is InChI=1S/C23H19N5O2/c24-22(29)17-8-10-19(11-9-17)26-23(30)20-15-28(14-16-5-2-1-3-6-16)27-21(20)18-7-4-12-25-13-18/h1-13,15H,14H2,(H2,24,29)(H,26,30). The van der Waals surface area contributed by atoms with Gasteiger partial charge in [-0.2, -0.15) is 5.10 Å². The second-order valence-electron chi connectivity index (χ2n) is 6.71. The number of nitrogens with one attached hydrogen (secondary N) is 1. The molecule has 4 aromatic rings. The van der Waals surface area contributed by atoms with Crippen LogP contribution in [-0.4, -0.2) is 26.6 Å². The summed E-state index contributed by atoms with van der Waals surface area (Å²) < 4.78 is 1.74. The van der Waals surface area contributed by atoms with Gasteiger partial charge in [0.25, 0.3) is 5.91 Å². The van der Waals surface area contributed by atoms with Crippen molar-refractivity contribution in [3.63, 3.8) is 0 Å². The first-order valence-corrected chi connectivity index (χ1v) is 9.33. The van der Waals surface area contributed by atoms with Crippen molar-refractivity contribution in [3.05, 3.63) is 102 Å². The van der Waals surface area contributed by atoms with E-state index in [1.807, 2.05) is 36.4 Å². The Hall–Kier alpha value is -4.26. The lowest BCUT2D eigenvalue weighted by molar-refractivity contribution is 0.0998. The molecule has 7 nitrogen and oxygen atoms in total. The molecule has 2 amide bonds. The first-order chi connectivity index (χ1) is 14.6. The lowest BCUT2D eigenvalue weighted by atomic mass is 10.1. The molecule has 0 aliphatic heterocycles. The van der Waals surface area contributed by atoms with E-state index in [1.54, 1.807) is 53.6 Å². The van der Waals surface area contributed by atoms with Crippen LogP contribution in [0.3, 0.4) is 0 Å². The third-order valence-electron chi connectivity index (χ3n) is 4.56. The van der Waals surface area contributed by atoms with E-state index in [0.717, 1.165) is 11.1 Å². The maximum absolute atomic E-state index is 13.0. The molecule has 0 bridgehead atoms. The van der Waals surface area contributed by atoms with Crippen molar-refractivity contribution in [2.75, 3.05) is 5.32 Å². The van der Waals surface area contributed by atoms with E-state index >= 15 is 0 Å². The topological polar surface area (TPSA) is 103 Å². The highest BCUT2D eigenvalue weighted by Gasteiger charge is 2.18. The summed E-state index contributed by atoms with van der Waals surface area (Å²) in [6.07, 6.45) is 5.07. The van der Waals surface area contributed by atoms with Gasteiger partial charge in [-0.25, -0.2) is 0 Å². The number of amides is 2. The number of carbonyl (C=O) groups is 2. The minimum absolute atomic E-state index is 0.306. The number of nitrogens with zero attached hydrogens (tertiary/aromatic N) is 3. The van der Waals surface area contributed by atoms with Crippen molar-refractivity contribution >= 4 is 17.5 Å². The van der Waals surface area contributed by atoms with E-state index in [2.05, 4.69) is 15.4 Å². The molecule has 0 unspecified atom stereocenters. The number of nitrogens with two attached hydrogens (primary N) is 1. The van der Waals surface area contributed by atoms with Crippen LogP contribution in [0.5, 0.6) is 0 Å². The van der Waals surface area contributed by atoms with Crippen LogP contribution in [0.15, 0.2) is 85.3 Å². The van der Waals surface area contributed by atoms with Gasteiger partial charge >= 0.3 is 0 Å². The van der Waals surface area contributed by atoms with Gasteiger partial charge in [-0.3, -0.25) is 19.3 Å². The molecule has 7 heteroatoms. The zero-order chi connectivity index (χ0) is 20.9.